The second kappa shape index (κ2) is 7.16. The lowest BCUT2D eigenvalue weighted by molar-refractivity contribution is 0.0695. The number of aromatic carboxylic acids is 1. The summed E-state index contributed by atoms with van der Waals surface area (Å²) in [5, 5.41) is 18.8. The van der Waals surface area contributed by atoms with Crippen molar-refractivity contribution in [3.63, 3.8) is 0 Å². The minimum atomic E-state index is -1.41. The Kier molecular flexibility index (Phi) is 4.68. The van der Waals surface area contributed by atoms with E-state index in [-0.39, 0.29) is 22.6 Å². The maximum absolute atomic E-state index is 14.8. The van der Waals surface area contributed by atoms with Crippen molar-refractivity contribution < 1.29 is 19.4 Å². The molecule has 0 atom stereocenters. The fourth-order valence-electron chi connectivity index (χ4n) is 3.17. The van der Waals surface area contributed by atoms with Gasteiger partial charge in [0.1, 0.15) is 11.3 Å². The highest BCUT2D eigenvalue weighted by Crippen LogP contribution is 2.26. The maximum Gasteiger partial charge on any atom is 0.341 e. The lowest BCUT2D eigenvalue weighted by Gasteiger charge is -2.28. The number of carboxylic acids is 1. The molecule has 0 aliphatic carbocycles. The average Bonchev–Trinajstić information content (AvgIpc) is 2.69. The van der Waals surface area contributed by atoms with E-state index in [1.807, 2.05) is 4.90 Å². The van der Waals surface area contributed by atoms with Crippen LogP contribution in [0.15, 0.2) is 41.3 Å². The molecule has 7 nitrogen and oxygen atoms in total. The number of nitrogens with zero attached hydrogens (tertiary/aromatic N) is 3. The molecule has 9 heteroatoms. The van der Waals surface area contributed by atoms with Gasteiger partial charge >= 0.3 is 5.97 Å². The zero-order chi connectivity index (χ0) is 19.8. The van der Waals surface area contributed by atoms with Crippen molar-refractivity contribution in [2.24, 2.45) is 0 Å². The highest BCUT2D eigenvalue weighted by atomic mass is 32.2. The monoisotopic (exact) mass is 401 g/mol. The predicted octanol–water partition coefficient (Wildman–Crippen LogP) is 2.48. The number of phenols is 1. The third-order valence-corrected chi connectivity index (χ3v) is 5.52. The van der Waals surface area contributed by atoms with Gasteiger partial charge in [-0.05, 0) is 30.3 Å². The van der Waals surface area contributed by atoms with Crippen LogP contribution in [0.2, 0.25) is 0 Å². The van der Waals surface area contributed by atoms with Crippen LogP contribution in [0.4, 0.5) is 10.2 Å². The summed E-state index contributed by atoms with van der Waals surface area (Å²) in [7, 11) is 0. The van der Waals surface area contributed by atoms with Gasteiger partial charge < -0.3 is 19.7 Å². The number of anilines is 1. The molecular weight excluding hydrogens is 385 g/mol. The van der Waals surface area contributed by atoms with E-state index in [2.05, 4.69) is 4.98 Å². The molecule has 3 aromatic rings. The van der Waals surface area contributed by atoms with Crippen molar-refractivity contribution in [3.8, 4) is 11.4 Å². The average molecular weight is 401 g/mol. The second-order valence-electron chi connectivity index (χ2n) is 6.33. The number of thioether (sulfide) groups is 1. The normalized spacial score (nSPS) is 14.4. The van der Waals surface area contributed by atoms with E-state index < -0.39 is 22.8 Å². The molecule has 0 spiro atoms. The zero-order valence-electron chi connectivity index (χ0n) is 14.6. The molecule has 4 rings (SSSR count). The Bertz CT molecular complexity index is 1120. The van der Waals surface area contributed by atoms with E-state index >= 15 is 0 Å². The van der Waals surface area contributed by atoms with Crippen LogP contribution in [0.1, 0.15) is 10.4 Å². The van der Waals surface area contributed by atoms with E-state index in [1.54, 1.807) is 23.9 Å². The highest BCUT2D eigenvalue weighted by molar-refractivity contribution is 7.99. The van der Waals surface area contributed by atoms with Gasteiger partial charge in [-0.1, -0.05) is 0 Å². The van der Waals surface area contributed by atoms with Gasteiger partial charge in [0.05, 0.1) is 5.39 Å². The molecule has 0 saturated carbocycles. The SMILES string of the molecule is O=C(O)c1cn(-c2ccc(O)cc2)c2nc(N3CCSCC3)c(F)cc2c1=O. The minimum Gasteiger partial charge on any atom is -0.508 e. The van der Waals surface area contributed by atoms with Crippen LogP contribution >= 0.6 is 11.8 Å². The number of carbonyl (C=O) groups is 1. The lowest BCUT2D eigenvalue weighted by atomic mass is 10.1. The van der Waals surface area contributed by atoms with Crippen molar-refractivity contribution in [3.05, 3.63) is 58.1 Å². The van der Waals surface area contributed by atoms with Gasteiger partial charge in [0.15, 0.2) is 17.3 Å². The summed E-state index contributed by atoms with van der Waals surface area (Å²) in [4.78, 5) is 30.3. The van der Waals surface area contributed by atoms with E-state index in [9.17, 15) is 24.2 Å². The number of fused-ring (bicyclic) bond motifs is 1. The van der Waals surface area contributed by atoms with E-state index in [1.165, 1.54) is 22.9 Å². The number of rotatable bonds is 3. The quantitative estimate of drug-likeness (QED) is 0.696. The number of hydrogen-bond acceptors (Lipinski definition) is 6. The first kappa shape index (κ1) is 18.3. The van der Waals surface area contributed by atoms with Crippen molar-refractivity contribution in [2.45, 2.75) is 0 Å². The van der Waals surface area contributed by atoms with Crippen molar-refractivity contribution in [1.29, 1.82) is 0 Å². The second-order valence-corrected chi connectivity index (χ2v) is 7.55. The lowest BCUT2D eigenvalue weighted by Crippen LogP contribution is -2.34. The number of phenolic OH excluding ortho intramolecular Hbond substituents is 1. The first-order chi connectivity index (χ1) is 13.5. The van der Waals surface area contributed by atoms with Crippen LogP contribution in [0.25, 0.3) is 16.7 Å². The number of carboxylic acid groups (broad SMARTS) is 1. The third kappa shape index (κ3) is 3.18. The van der Waals surface area contributed by atoms with E-state index in [0.717, 1.165) is 17.6 Å². The fraction of sp³-hybridized carbons (Fsp3) is 0.211. The Morgan fingerprint density at radius 1 is 1.18 bits per heavy atom. The topological polar surface area (TPSA) is 95.7 Å². The molecule has 0 unspecified atom stereocenters. The number of aromatic nitrogens is 2. The molecule has 1 aliphatic rings. The maximum atomic E-state index is 14.8. The Hall–Kier alpha value is -3.07. The number of pyridine rings is 2. The minimum absolute atomic E-state index is 0.0399. The largest absolute Gasteiger partial charge is 0.508 e. The molecule has 0 bridgehead atoms. The summed E-state index contributed by atoms with van der Waals surface area (Å²) in [6.07, 6.45) is 1.18. The predicted molar refractivity (Wildman–Crippen MR) is 105 cm³/mol. The smallest absolute Gasteiger partial charge is 0.341 e. The van der Waals surface area contributed by atoms with Crippen LogP contribution in [-0.4, -0.2) is 50.3 Å². The third-order valence-electron chi connectivity index (χ3n) is 4.58. The molecule has 1 saturated heterocycles. The van der Waals surface area contributed by atoms with Gasteiger partial charge in [-0.15, -0.1) is 0 Å². The number of benzene rings is 1. The van der Waals surface area contributed by atoms with Gasteiger partial charge in [0.25, 0.3) is 0 Å². The summed E-state index contributed by atoms with van der Waals surface area (Å²) in [5.74, 6) is -0.182. The first-order valence-electron chi connectivity index (χ1n) is 8.57. The van der Waals surface area contributed by atoms with E-state index in [4.69, 9.17) is 0 Å². The molecule has 1 aliphatic heterocycles. The van der Waals surface area contributed by atoms with E-state index in [0.29, 0.717) is 18.8 Å². The first-order valence-corrected chi connectivity index (χ1v) is 9.72. The summed E-state index contributed by atoms with van der Waals surface area (Å²) in [6, 6.07) is 7.06. The molecule has 144 valence electrons. The molecule has 1 fully saturated rings. The molecule has 2 aromatic heterocycles. The molecule has 28 heavy (non-hydrogen) atoms. The number of aromatic hydroxyl groups is 1. The van der Waals surface area contributed by atoms with Crippen LogP contribution < -0.4 is 10.3 Å². The number of hydrogen-bond donors (Lipinski definition) is 2. The van der Waals surface area contributed by atoms with Crippen LogP contribution in [0.3, 0.4) is 0 Å². The number of halogens is 1. The van der Waals surface area contributed by atoms with Gasteiger partial charge in [-0.2, -0.15) is 11.8 Å². The molecule has 0 amide bonds. The standard InChI is InChI=1S/C19H16FN3O4S/c20-15-9-13-16(25)14(19(26)27)10-23(11-1-3-12(24)4-2-11)17(13)21-18(15)22-5-7-28-8-6-22/h1-4,9-10,24H,5-8H2,(H,26,27). The Morgan fingerprint density at radius 2 is 1.86 bits per heavy atom. The zero-order valence-corrected chi connectivity index (χ0v) is 15.4. The van der Waals surface area contributed by atoms with Gasteiger partial charge in [0.2, 0.25) is 5.43 Å². The summed E-state index contributed by atoms with van der Waals surface area (Å²) < 4.78 is 16.2. The van der Waals surface area contributed by atoms with Crippen LogP contribution in [0, 0.1) is 5.82 Å². The van der Waals surface area contributed by atoms with Gasteiger partial charge in [-0.3, -0.25) is 4.79 Å². The molecule has 2 N–H and O–H groups in total. The summed E-state index contributed by atoms with van der Waals surface area (Å²) in [5.41, 5.74) is -0.617. The Morgan fingerprint density at radius 3 is 2.50 bits per heavy atom. The van der Waals surface area contributed by atoms with Gasteiger partial charge in [-0.25, -0.2) is 14.2 Å². The molecule has 1 aromatic carbocycles. The van der Waals surface area contributed by atoms with Gasteiger partial charge in [0, 0.05) is 36.5 Å². The molecule has 0 radical (unpaired) electrons. The molecule has 3 heterocycles. The van der Waals surface area contributed by atoms with Crippen molar-refractivity contribution in [1.82, 2.24) is 9.55 Å². The Labute approximate surface area is 163 Å². The highest BCUT2D eigenvalue weighted by Gasteiger charge is 2.22. The molecular formula is C19H16FN3O4S. The van der Waals surface area contributed by atoms with Crippen LogP contribution in [-0.2, 0) is 0 Å². The van der Waals surface area contributed by atoms with Crippen molar-refractivity contribution >= 4 is 34.6 Å². The van der Waals surface area contributed by atoms with Crippen molar-refractivity contribution in [2.75, 3.05) is 29.5 Å². The summed E-state index contributed by atoms with van der Waals surface area (Å²) >= 11 is 1.78. The Balaban J connectivity index is 2.01. The fourth-order valence-corrected chi connectivity index (χ4v) is 4.08. The van der Waals surface area contributed by atoms with Crippen LogP contribution in [0.5, 0.6) is 5.75 Å². The summed E-state index contributed by atoms with van der Waals surface area (Å²) in [6.45, 7) is 1.27.